The van der Waals surface area contributed by atoms with Gasteiger partial charge >= 0.3 is 7.79 Å². The summed E-state index contributed by atoms with van der Waals surface area (Å²) in [6, 6.07) is 11.3. The zero-order valence-electron chi connectivity index (χ0n) is 10.3. The highest BCUT2D eigenvalue weighted by Crippen LogP contribution is 2.41. The molecule has 1 saturated heterocycles. The van der Waals surface area contributed by atoms with Gasteiger partial charge in [0, 0.05) is 12.1 Å². The fourth-order valence-electron chi connectivity index (χ4n) is 2.24. The van der Waals surface area contributed by atoms with Crippen LogP contribution in [0.1, 0.15) is 18.6 Å². The maximum absolute atomic E-state index is 6.63. The highest BCUT2D eigenvalue weighted by molar-refractivity contribution is 7.15. The third-order valence-electron chi connectivity index (χ3n) is 3.41. The number of hydrogen-bond acceptors (Lipinski definition) is 2. The minimum atomic E-state index is -2.31. The first-order valence-electron chi connectivity index (χ1n) is 5.84. The molecular formula is C13H18ClNOSi. The van der Waals surface area contributed by atoms with Gasteiger partial charge in [-0.1, -0.05) is 36.4 Å². The lowest BCUT2D eigenvalue weighted by Gasteiger charge is -2.24. The number of hydrogen-bond donors (Lipinski definition) is 0. The molecule has 92 valence electrons. The van der Waals surface area contributed by atoms with Crippen molar-refractivity contribution in [2.75, 3.05) is 7.05 Å². The lowest BCUT2D eigenvalue weighted by Crippen LogP contribution is -2.44. The van der Waals surface area contributed by atoms with Crippen LogP contribution in [0.3, 0.4) is 0 Å². The van der Waals surface area contributed by atoms with E-state index in [1.807, 2.05) is 24.3 Å². The van der Waals surface area contributed by atoms with Crippen LogP contribution in [0.25, 0.3) is 0 Å². The van der Waals surface area contributed by atoms with Gasteiger partial charge in [0.15, 0.2) is 0 Å². The zero-order valence-corrected chi connectivity index (χ0v) is 12.0. The van der Waals surface area contributed by atoms with Crippen molar-refractivity contribution in [3.05, 3.63) is 48.6 Å². The highest BCUT2D eigenvalue weighted by Gasteiger charge is 2.51. The summed E-state index contributed by atoms with van der Waals surface area (Å²) in [5.74, 6) is 0. The standard InChI is InChI=1S/C13H18ClNOSi/c1-4-10-17(14)15(3)11(2)13(16-17)12-8-6-5-7-9-12/h4-9,11,13H,1,10H2,2-3H3. The van der Waals surface area contributed by atoms with E-state index in [-0.39, 0.29) is 6.10 Å². The van der Waals surface area contributed by atoms with Crippen LogP contribution >= 0.6 is 11.1 Å². The second-order valence-electron chi connectivity index (χ2n) is 4.48. The molecule has 0 aliphatic carbocycles. The Morgan fingerprint density at radius 2 is 2.12 bits per heavy atom. The number of rotatable bonds is 3. The number of likely N-dealkylation sites (N-methyl/N-ethyl adjacent to an activating group) is 1. The average Bonchev–Trinajstić information content (AvgIpc) is 2.56. The summed E-state index contributed by atoms with van der Waals surface area (Å²) in [7, 11) is -0.259. The van der Waals surface area contributed by atoms with Gasteiger partial charge < -0.3 is 4.43 Å². The summed E-state index contributed by atoms with van der Waals surface area (Å²) >= 11 is 6.63. The molecular weight excluding hydrogens is 250 g/mol. The number of nitrogens with zero attached hydrogens (tertiary/aromatic N) is 1. The van der Waals surface area contributed by atoms with Crippen molar-refractivity contribution in [1.29, 1.82) is 0 Å². The van der Waals surface area contributed by atoms with E-state index < -0.39 is 7.79 Å². The zero-order chi connectivity index (χ0) is 12.5. The Morgan fingerprint density at radius 3 is 2.71 bits per heavy atom. The van der Waals surface area contributed by atoms with Crippen LogP contribution in [0.4, 0.5) is 0 Å². The van der Waals surface area contributed by atoms with Crippen molar-refractivity contribution in [3.63, 3.8) is 0 Å². The Hall–Kier alpha value is -0.613. The van der Waals surface area contributed by atoms with Crippen molar-refractivity contribution in [3.8, 4) is 0 Å². The number of halogens is 1. The van der Waals surface area contributed by atoms with E-state index in [2.05, 4.69) is 37.2 Å². The molecule has 1 aromatic carbocycles. The third-order valence-corrected chi connectivity index (χ3v) is 7.81. The normalized spacial score (nSPS) is 33.8. The summed E-state index contributed by atoms with van der Waals surface area (Å²) in [4.78, 5) is 0. The molecule has 3 unspecified atom stereocenters. The van der Waals surface area contributed by atoms with E-state index in [9.17, 15) is 0 Å². The molecule has 2 nitrogen and oxygen atoms in total. The van der Waals surface area contributed by atoms with Crippen LogP contribution in [0.5, 0.6) is 0 Å². The highest BCUT2D eigenvalue weighted by atomic mass is 35.6. The molecule has 1 aromatic rings. The van der Waals surface area contributed by atoms with Crippen molar-refractivity contribution in [2.45, 2.75) is 25.1 Å². The van der Waals surface area contributed by atoms with Gasteiger partial charge in [-0.3, -0.25) is 4.57 Å². The Morgan fingerprint density at radius 1 is 1.47 bits per heavy atom. The van der Waals surface area contributed by atoms with Gasteiger partial charge in [0.2, 0.25) is 0 Å². The molecule has 0 spiro atoms. The smallest absolute Gasteiger partial charge is 0.377 e. The Bertz CT molecular complexity index is 400. The Labute approximate surface area is 109 Å². The molecule has 1 heterocycles. The minimum Gasteiger partial charge on any atom is -0.383 e. The van der Waals surface area contributed by atoms with Crippen LogP contribution < -0.4 is 0 Å². The monoisotopic (exact) mass is 267 g/mol. The lowest BCUT2D eigenvalue weighted by molar-refractivity contribution is 0.207. The van der Waals surface area contributed by atoms with Crippen LogP contribution in [0.15, 0.2) is 43.0 Å². The Balaban J connectivity index is 2.25. The maximum Gasteiger partial charge on any atom is 0.377 e. The van der Waals surface area contributed by atoms with Gasteiger partial charge in [-0.05, 0) is 19.5 Å². The van der Waals surface area contributed by atoms with E-state index in [1.165, 1.54) is 5.56 Å². The van der Waals surface area contributed by atoms with Crippen LogP contribution in [0, 0.1) is 0 Å². The van der Waals surface area contributed by atoms with Gasteiger partial charge in [-0.25, -0.2) is 0 Å². The predicted molar refractivity (Wildman–Crippen MR) is 74.1 cm³/mol. The summed E-state index contributed by atoms with van der Waals surface area (Å²) in [6.07, 6.45) is 1.93. The van der Waals surface area contributed by atoms with Crippen LogP contribution in [0.2, 0.25) is 6.04 Å². The first-order chi connectivity index (χ1) is 8.08. The largest absolute Gasteiger partial charge is 0.383 e. The van der Waals surface area contributed by atoms with Gasteiger partial charge in [0.05, 0.1) is 6.10 Å². The lowest BCUT2D eigenvalue weighted by atomic mass is 10.0. The molecule has 17 heavy (non-hydrogen) atoms. The molecule has 2 rings (SSSR count). The van der Waals surface area contributed by atoms with E-state index >= 15 is 0 Å². The molecule has 0 bridgehead atoms. The van der Waals surface area contributed by atoms with Gasteiger partial charge in [-0.2, -0.15) is 0 Å². The fourth-order valence-corrected chi connectivity index (χ4v) is 5.69. The predicted octanol–water partition coefficient (Wildman–Crippen LogP) is 3.44. The Kier molecular flexibility index (Phi) is 3.73. The molecule has 0 N–H and O–H groups in total. The summed E-state index contributed by atoms with van der Waals surface area (Å²) in [5.41, 5.74) is 1.20. The molecule has 1 aliphatic heterocycles. The SMILES string of the molecule is C=CC[Si]1(Cl)OC(c2ccccc2)C(C)N1C. The molecule has 1 fully saturated rings. The van der Waals surface area contributed by atoms with Crippen molar-refractivity contribution < 1.29 is 4.43 Å². The quantitative estimate of drug-likeness (QED) is 0.473. The van der Waals surface area contributed by atoms with Gasteiger partial charge in [0.1, 0.15) is 0 Å². The topological polar surface area (TPSA) is 12.5 Å². The van der Waals surface area contributed by atoms with E-state index in [1.54, 1.807) is 0 Å². The first-order valence-corrected chi connectivity index (χ1v) is 8.91. The second-order valence-corrected chi connectivity index (χ2v) is 8.98. The molecule has 3 atom stereocenters. The molecule has 0 amide bonds. The number of allylic oxidation sites excluding steroid dienone is 1. The summed E-state index contributed by atoms with van der Waals surface area (Å²) in [5, 5.41) is 0. The maximum atomic E-state index is 6.63. The molecule has 0 saturated carbocycles. The average molecular weight is 268 g/mol. The summed E-state index contributed by atoms with van der Waals surface area (Å²) in [6.45, 7) is 5.93. The van der Waals surface area contributed by atoms with E-state index in [0.29, 0.717) is 6.04 Å². The summed E-state index contributed by atoms with van der Waals surface area (Å²) < 4.78 is 8.36. The van der Waals surface area contributed by atoms with Crippen molar-refractivity contribution in [1.82, 2.24) is 4.57 Å². The molecule has 4 heteroatoms. The van der Waals surface area contributed by atoms with Gasteiger partial charge in [0.25, 0.3) is 0 Å². The van der Waals surface area contributed by atoms with E-state index in [0.717, 1.165) is 6.04 Å². The van der Waals surface area contributed by atoms with Crippen molar-refractivity contribution >= 4 is 18.9 Å². The minimum absolute atomic E-state index is 0.0744. The second kappa shape index (κ2) is 4.94. The first kappa shape index (κ1) is 12.8. The van der Waals surface area contributed by atoms with E-state index in [4.69, 9.17) is 15.5 Å². The number of benzene rings is 1. The van der Waals surface area contributed by atoms with Crippen LogP contribution in [-0.4, -0.2) is 25.4 Å². The van der Waals surface area contributed by atoms with Crippen molar-refractivity contribution in [2.24, 2.45) is 0 Å². The fraction of sp³-hybridized carbons (Fsp3) is 0.385. The molecule has 0 aromatic heterocycles. The van der Waals surface area contributed by atoms with Gasteiger partial charge in [-0.15, -0.1) is 17.7 Å². The van der Waals surface area contributed by atoms with Crippen LogP contribution in [-0.2, 0) is 4.43 Å². The molecule has 0 radical (unpaired) electrons. The third kappa shape index (κ3) is 2.33. The molecule has 1 aliphatic rings.